The van der Waals surface area contributed by atoms with E-state index < -0.39 is 6.10 Å². The summed E-state index contributed by atoms with van der Waals surface area (Å²) >= 11 is 5.90. The molecule has 1 unspecified atom stereocenters. The summed E-state index contributed by atoms with van der Waals surface area (Å²) in [4.78, 5) is 11.8. The predicted octanol–water partition coefficient (Wildman–Crippen LogP) is 3.12. The van der Waals surface area contributed by atoms with Crippen LogP contribution >= 0.6 is 11.6 Å². The Morgan fingerprint density at radius 2 is 1.90 bits per heavy atom. The van der Waals surface area contributed by atoms with Crippen molar-refractivity contribution in [3.05, 3.63) is 70.7 Å². The van der Waals surface area contributed by atoms with E-state index in [9.17, 15) is 9.90 Å². The van der Waals surface area contributed by atoms with Crippen LogP contribution in [0.5, 0.6) is 0 Å². The van der Waals surface area contributed by atoms with Gasteiger partial charge in [-0.05, 0) is 29.7 Å². The van der Waals surface area contributed by atoms with Gasteiger partial charge in [-0.3, -0.25) is 4.79 Å². The molecule has 1 amide bonds. The maximum Gasteiger partial charge on any atom is 0.222 e. The Labute approximate surface area is 129 Å². The SMILES string of the molecule is O=C(CC(O)c1ccccc1)NCCc1cccc(Cl)c1. The van der Waals surface area contributed by atoms with Gasteiger partial charge in [0.05, 0.1) is 12.5 Å². The van der Waals surface area contributed by atoms with Crippen molar-refractivity contribution in [2.45, 2.75) is 18.9 Å². The molecule has 0 aromatic heterocycles. The van der Waals surface area contributed by atoms with Crippen molar-refractivity contribution < 1.29 is 9.90 Å². The number of hydrogen-bond acceptors (Lipinski definition) is 2. The van der Waals surface area contributed by atoms with Crippen LogP contribution in [0.2, 0.25) is 5.02 Å². The summed E-state index contributed by atoms with van der Waals surface area (Å²) in [6, 6.07) is 16.7. The largest absolute Gasteiger partial charge is 0.388 e. The van der Waals surface area contributed by atoms with E-state index in [0.29, 0.717) is 18.0 Å². The number of aliphatic hydroxyl groups is 1. The molecule has 4 heteroatoms. The molecule has 0 aliphatic carbocycles. The third-order valence-electron chi connectivity index (χ3n) is 3.19. The molecule has 2 aromatic rings. The summed E-state index contributed by atoms with van der Waals surface area (Å²) in [5.74, 6) is -0.159. The van der Waals surface area contributed by atoms with Gasteiger partial charge in [0.15, 0.2) is 0 Å². The van der Waals surface area contributed by atoms with E-state index in [0.717, 1.165) is 11.1 Å². The lowest BCUT2D eigenvalue weighted by Crippen LogP contribution is -2.27. The van der Waals surface area contributed by atoms with Crippen LogP contribution in [0.4, 0.5) is 0 Å². The molecule has 0 radical (unpaired) electrons. The van der Waals surface area contributed by atoms with Gasteiger partial charge < -0.3 is 10.4 Å². The van der Waals surface area contributed by atoms with Crippen LogP contribution in [-0.2, 0) is 11.2 Å². The second-order valence-electron chi connectivity index (χ2n) is 4.86. The van der Waals surface area contributed by atoms with Crippen molar-refractivity contribution in [1.82, 2.24) is 5.32 Å². The standard InChI is InChI=1S/C17H18ClNO2/c18-15-8-4-5-13(11-15)9-10-19-17(21)12-16(20)14-6-2-1-3-7-14/h1-8,11,16,20H,9-10,12H2,(H,19,21). The normalized spacial score (nSPS) is 11.9. The molecule has 0 saturated heterocycles. The molecule has 0 aliphatic heterocycles. The molecule has 21 heavy (non-hydrogen) atoms. The van der Waals surface area contributed by atoms with E-state index in [4.69, 9.17) is 11.6 Å². The van der Waals surface area contributed by atoms with E-state index in [1.165, 1.54) is 0 Å². The highest BCUT2D eigenvalue weighted by molar-refractivity contribution is 6.30. The number of carbonyl (C=O) groups excluding carboxylic acids is 1. The molecule has 2 aromatic carbocycles. The topological polar surface area (TPSA) is 49.3 Å². The van der Waals surface area contributed by atoms with Crippen molar-refractivity contribution in [3.8, 4) is 0 Å². The first kappa shape index (κ1) is 15.5. The molecular formula is C17H18ClNO2. The molecule has 0 heterocycles. The fourth-order valence-corrected chi connectivity index (χ4v) is 2.29. The van der Waals surface area contributed by atoms with Crippen molar-refractivity contribution in [2.24, 2.45) is 0 Å². The number of rotatable bonds is 6. The average molecular weight is 304 g/mol. The number of nitrogens with one attached hydrogen (secondary N) is 1. The van der Waals surface area contributed by atoms with Gasteiger partial charge in [-0.25, -0.2) is 0 Å². The summed E-state index contributed by atoms with van der Waals surface area (Å²) in [6.07, 6.45) is 0.0187. The molecule has 1 atom stereocenters. The van der Waals surface area contributed by atoms with E-state index in [-0.39, 0.29) is 12.3 Å². The van der Waals surface area contributed by atoms with Crippen molar-refractivity contribution in [3.63, 3.8) is 0 Å². The maximum absolute atomic E-state index is 11.8. The molecule has 0 bridgehead atoms. The molecule has 0 spiro atoms. The molecule has 0 aliphatic rings. The van der Waals surface area contributed by atoms with Crippen LogP contribution in [0.3, 0.4) is 0 Å². The summed E-state index contributed by atoms with van der Waals surface area (Å²) < 4.78 is 0. The van der Waals surface area contributed by atoms with E-state index >= 15 is 0 Å². The minimum absolute atomic E-state index is 0.0690. The van der Waals surface area contributed by atoms with Crippen molar-refractivity contribution >= 4 is 17.5 Å². The summed E-state index contributed by atoms with van der Waals surface area (Å²) in [7, 11) is 0. The van der Waals surface area contributed by atoms with Gasteiger partial charge in [0.1, 0.15) is 0 Å². The van der Waals surface area contributed by atoms with Gasteiger partial charge in [0, 0.05) is 11.6 Å². The van der Waals surface area contributed by atoms with Crippen LogP contribution in [0.15, 0.2) is 54.6 Å². The Hall–Kier alpha value is -1.84. The van der Waals surface area contributed by atoms with Gasteiger partial charge in [-0.15, -0.1) is 0 Å². The summed E-state index contributed by atoms with van der Waals surface area (Å²) in [5, 5.41) is 13.5. The monoisotopic (exact) mass is 303 g/mol. The molecule has 0 fully saturated rings. The fraction of sp³-hybridized carbons (Fsp3) is 0.235. The number of halogens is 1. The average Bonchev–Trinajstić information content (AvgIpc) is 2.48. The van der Waals surface area contributed by atoms with Gasteiger partial charge in [0.2, 0.25) is 5.91 Å². The van der Waals surface area contributed by atoms with Gasteiger partial charge in [-0.2, -0.15) is 0 Å². The van der Waals surface area contributed by atoms with Gasteiger partial charge in [0.25, 0.3) is 0 Å². The minimum atomic E-state index is -0.766. The fourth-order valence-electron chi connectivity index (χ4n) is 2.08. The van der Waals surface area contributed by atoms with Crippen molar-refractivity contribution in [2.75, 3.05) is 6.54 Å². The Balaban J connectivity index is 1.75. The first-order valence-electron chi connectivity index (χ1n) is 6.89. The molecular weight excluding hydrogens is 286 g/mol. The first-order valence-corrected chi connectivity index (χ1v) is 7.27. The molecule has 2 rings (SSSR count). The number of amides is 1. The first-order chi connectivity index (χ1) is 10.1. The van der Waals surface area contributed by atoms with Gasteiger partial charge >= 0.3 is 0 Å². The van der Waals surface area contributed by atoms with Gasteiger partial charge in [-0.1, -0.05) is 54.1 Å². The quantitative estimate of drug-likeness (QED) is 0.861. The van der Waals surface area contributed by atoms with Crippen LogP contribution in [-0.4, -0.2) is 17.6 Å². The third kappa shape index (κ3) is 5.21. The molecule has 110 valence electrons. The zero-order chi connectivity index (χ0) is 15.1. The molecule has 2 N–H and O–H groups in total. The number of benzene rings is 2. The third-order valence-corrected chi connectivity index (χ3v) is 3.42. The maximum atomic E-state index is 11.8. The Morgan fingerprint density at radius 3 is 2.62 bits per heavy atom. The summed E-state index contributed by atoms with van der Waals surface area (Å²) in [6.45, 7) is 0.528. The second-order valence-corrected chi connectivity index (χ2v) is 5.30. The molecule has 3 nitrogen and oxygen atoms in total. The zero-order valence-electron chi connectivity index (χ0n) is 11.6. The van der Waals surface area contributed by atoms with E-state index in [1.54, 1.807) is 0 Å². The van der Waals surface area contributed by atoms with Crippen LogP contribution < -0.4 is 5.32 Å². The lowest BCUT2D eigenvalue weighted by Gasteiger charge is -2.11. The smallest absolute Gasteiger partial charge is 0.222 e. The Bertz CT molecular complexity index is 586. The number of aliphatic hydroxyl groups excluding tert-OH is 1. The predicted molar refractivity (Wildman–Crippen MR) is 84.2 cm³/mol. The summed E-state index contributed by atoms with van der Waals surface area (Å²) in [5.41, 5.74) is 1.83. The lowest BCUT2D eigenvalue weighted by molar-refractivity contribution is -0.123. The number of hydrogen-bond donors (Lipinski definition) is 2. The Kier molecular flexibility index (Phi) is 5.78. The van der Waals surface area contributed by atoms with Crippen LogP contribution in [0.25, 0.3) is 0 Å². The molecule has 0 saturated carbocycles. The van der Waals surface area contributed by atoms with Crippen LogP contribution in [0.1, 0.15) is 23.7 Å². The highest BCUT2D eigenvalue weighted by Crippen LogP contribution is 2.15. The highest BCUT2D eigenvalue weighted by atomic mass is 35.5. The second kappa shape index (κ2) is 7.81. The lowest BCUT2D eigenvalue weighted by atomic mass is 10.1. The number of carbonyl (C=O) groups is 1. The van der Waals surface area contributed by atoms with E-state index in [2.05, 4.69) is 5.32 Å². The minimum Gasteiger partial charge on any atom is -0.388 e. The van der Waals surface area contributed by atoms with Crippen LogP contribution in [0, 0.1) is 0 Å². The van der Waals surface area contributed by atoms with Crippen molar-refractivity contribution in [1.29, 1.82) is 0 Å². The zero-order valence-corrected chi connectivity index (χ0v) is 12.4. The Morgan fingerprint density at radius 1 is 1.14 bits per heavy atom. The van der Waals surface area contributed by atoms with E-state index in [1.807, 2.05) is 54.6 Å². The highest BCUT2D eigenvalue weighted by Gasteiger charge is 2.12.